The van der Waals surface area contributed by atoms with Gasteiger partial charge < -0.3 is 5.73 Å². The predicted molar refractivity (Wildman–Crippen MR) is 72.7 cm³/mol. The average molecular weight is 316 g/mol. The molecule has 0 atom stereocenters. The minimum Gasteiger partial charge on any atom is -0.398 e. The van der Waals surface area contributed by atoms with Gasteiger partial charge in [-0.3, -0.25) is 4.72 Å². The van der Waals surface area contributed by atoms with Crippen molar-refractivity contribution in [2.75, 3.05) is 10.5 Å². The number of hydrogen-bond donors (Lipinski definition) is 2. The van der Waals surface area contributed by atoms with E-state index in [1.54, 1.807) is 0 Å². The molecule has 0 aliphatic heterocycles. The molecule has 0 saturated heterocycles. The Morgan fingerprint density at radius 1 is 1.05 bits per heavy atom. The SMILES string of the molecule is Cc1c(N)cccc1S(=O)(=O)Nc1cc(F)c(F)cc1F. The molecule has 0 heterocycles. The van der Waals surface area contributed by atoms with Crippen LogP contribution in [-0.2, 0) is 10.0 Å². The molecule has 0 bridgehead atoms. The highest BCUT2D eigenvalue weighted by molar-refractivity contribution is 7.92. The van der Waals surface area contributed by atoms with Crippen molar-refractivity contribution in [3.63, 3.8) is 0 Å². The molecule has 0 unspecified atom stereocenters. The predicted octanol–water partition coefficient (Wildman–Crippen LogP) is 2.80. The van der Waals surface area contributed by atoms with Gasteiger partial charge in [-0.05, 0) is 24.6 Å². The number of hydrogen-bond acceptors (Lipinski definition) is 3. The van der Waals surface area contributed by atoms with Crippen molar-refractivity contribution in [3.05, 3.63) is 53.3 Å². The van der Waals surface area contributed by atoms with Crippen LogP contribution in [0.5, 0.6) is 0 Å². The lowest BCUT2D eigenvalue weighted by atomic mass is 10.2. The molecular formula is C13H11F3N2O2S. The molecule has 0 radical (unpaired) electrons. The lowest BCUT2D eigenvalue weighted by Gasteiger charge is -2.12. The van der Waals surface area contributed by atoms with Gasteiger partial charge in [0.15, 0.2) is 11.6 Å². The molecule has 8 heteroatoms. The third kappa shape index (κ3) is 2.94. The zero-order chi connectivity index (χ0) is 15.8. The van der Waals surface area contributed by atoms with Crippen LogP contribution in [-0.4, -0.2) is 8.42 Å². The Morgan fingerprint density at radius 3 is 2.33 bits per heavy atom. The Balaban J connectivity index is 2.47. The first-order valence-electron chi connectivity index (χ1n) is 5.75. The fraction of sp³-hybridized carbons (Fsp3) is 0.0769. The van der Waals surface area contributed by atoms with E-state index < -0.39 is 33.2 Å². The standard InChI is InChI=1S/C13H11F3N2O2S/c1-7-11(17)3-2-4-13(7)21(19,20)18-12-6-9(15)8(14)5-10(12)16/h2-6,18H,17H2,1H3. The van der Waals surface area contributed by atoms with Crippen molar-refractivity contribution in [2.45, 2.75) is 11.8 Å². The number of nitrogen functional groups attached to an aromatic ring is 1. The van der Waals surface area contributed by atoms with E-state index >= 15 is 0 Å². The highest BCUT2D eigenvalue weighted by atomic mass is 32.2. The molecule has 0 saturated carbocycles. The molecule has 3 N–H and O–H groups in total. The normalized spacial score (nSPS) is 11.4. The van der Waals surface area contributed by atoms with Gasteiger partial charge in [-0.2, -0.15) is 0 Å². The number of anilines is 2. The van der Waals surface area contributed by atoms with Crippen molar-refractivity contribution in [1.82, 2.24) is 0 Å². The van der Waals surface area contributed by atoms with Gasteiger partial charge in [-0.15, -0.1) is 0 Å². The molecule has 2 rings (SSSR count). The van der Waals surface area contributed by atoms with Gasteiger partial charge in [0.05, 0.1) is 10.6 Å². The van der Waals surface area contributed by atoms with E-state index in [9.17, 15) is 21.6 Å². The molecule has 2 aromatic rings. The van der Waals surface area contributed by atoms with Gasteiger partial charge in [0, 0.05) is 17.8 Å². The van der Waals surface area contributed by atoms with Gasteiger partial charge in [-0.25, -0.2) is 21.6 Å². The summed E-state index contributed by atoms with van der Waals surface area (Å²) in [5.74, 6) is -3.99. The lowest BCUT2D eigenvalue weighted by Crippen LogP contribution is -2.16. The Labute approximate surface area is 119 Å². The summed E-state index contributed by atoms with van der Waals surface area (Å²) < 4.78 is 65.6. The van der Waals surface area contributed by atoms with Crippen LogP contribution in [0.1, 0.15) is 5.56 Å². The smallest absolute Gasteiger partial charge is 0.262 e. The molecule has 2 aromatic carbocycles. The van der Waals surface area contributed by atoms with Gasteiger partial charge >= 0.3 is 0 Å². The minimum absolute atomic E-state index is 0.174. The van der Waals surface area contributed by atoms with E-state index in [-0.39, 0.29) is 22.2 Å². The first-order valence-corrected chi connectivity index (χ1v) is 7.23. The fourth-order valence-corrected chi connectivity index (χ4v) is 3.06. The van der Waals surface area contributed by atoms with E-state index in [0.717, 1.165) is 0 Å². The summed E-state index contributed by atoms with van der Waals surface area (Å²) in [6, 6.07) is 4.89. The van der Waals surface area contributed by atoms with E-state index in [4.69, 9.17) is 5.73 Å². The summed E-state index contributed by atoms with van der Waals surface area (Å²) in [7, 11) is -4.18. The van der Waals surface area contributed by atoms with Crippen LogP contribution in [0.4, 0.5) is 24.5 Å². The number of rotatable bonds is 3. The second-order valence-electron chi connectivity index (χ2n) is 4.32. The first kappa shape index (κ1) is 15.2. The monoisotopic (exact) mass is 316 g/mol. The number of halogens is 3. The summed E-state index contributed by atoms with van der Waals surface area (Å²) in [6.45, 7) is 1.48. The summed E-state index contributed by atoms with van der Waals surface area (Å²) in [4.78, 5) is -0.174. The zero-order valence-corrected chi connectivity index (χ0v) is 11.6. The summed E-state index contributed by atoms with van der Waals surface area (Å²) in [5.41, 5.74) is 5.43. The quantitative estimate of drug-likeness (QED) is 0.675. The van der Waals surface area contributed by atoms with Crippen LogP contribution in [0.15, 0.2) is 35.2 Å². The van der Waals surface area contributed by atoms with Gasteiger partial charge in [0.1, 0.15) is 5.82 Å². The molecule has 0 aliphatic rings. The van der Waals surface area contributed by atoms with Crippen LogP contribution in [0.3, 0.4) is 0 Å². The van der Waals surface area contributed by atoms with Gasteiger partial charge in [0.2, 0.25) is 0 Å². The Kier molecular flexibility index (Phi) is 3.82. The van der Waals surface area contributed by atoms with E-state index in [1.807, 2.05) is 4.72 Å². The Morgan fingerprint density at radius 2 is 1.67 bits per heavy atom. The first-order chi connectivity index (χ1) is 9.72. The maximum Gasteiger partial charge on any atom is 0.262 e. The summed E-state index contributed by atoms with van der Waals surface area (Å²) >= 11 is 0. The number of nitrogens with one attached hydrogen (secondary N) is 1. The molecule has 4 nitrogen and oxygen atoms in total. The molecule has 0 aromatic heterocycles. The second-order valence-corrected chi connectivity index (χ2v) is 5.97. The highest BCUT2D eigenvalue weighted by Crippen LogP contribution is 2.25. The highest BCUT2D eigenvalue weighted by Gasteiger charge is 2.20. The topological polar surface area (TPSA) is 72.2 Å². The van der Waals surface area contributed by atoms with Crippen LogP contribution in [0.2, 0.25) is 0 Å². The maximum absolute atomic E-state index is 13.5. The van der Waals surface area contributed by atoms with Crippen molar-refractivity contribution in [3.8, 4) is 0 Å². The van der Waals surface area contributed by atoms with E-state index in [1.165, 1.54) is 25.1 Å². The van der Waals surface area contributed by atoms with Crippen LogP contribution in [0.25, 0.3) is 0 Å². The minimum atomic E-state index is -4.18. The molecule has 0 spiro atoms. The molecule has 0 fully saturated rings. The number of nitrogens with two attached hydrogens (primary N) is 1. The van der Waals surface area contributed by atoms with Gasteiger partial charge in [-0.1, -0.05) is 6.07 Å². The molecular weight excluding hydrogens is 305 g/mol. The summed E-state index contributed by atoms with van der Waals surface area (Å²) in [5, 5.41) is 0. The van der Waals surface area contributed by atoms with Crippen molar-refractivity contribution >= 4 is 21.4 Å². The van der Waals surface area contributed by atoms with Crippen LogP contribution >= 0.6 is 0 Å². The Bertz CT molecular complexity index is 807. The largest absolute Gasteiger partial charge is 0.398 e. The Hall–Kier alpha value is -2.22. The molecule has 0 aliphatic carbocycles. The second kappa shape index (κ2) is 5.28. The van der Waals surface area contributed by atoms with Crippen molar-refractivity contribution in [2.24, 2.45) is 0 Å². The molecule has 21 heavy (non-hydrogen) atoms. The number of sulfonamides is 1. The fourth-order valence-electron chi connectivity index (χ4n) is 1.72. The van der Waals surface area contributed by atoms with Crippen LogP contribution in [0, 0.1) is 24.4 Å². The van der Waals surface area contributed by atoms with Crippen LogP contribution < -0.4 is 10.5 Å². The molecule has 0 amide bonds. The van der Waals surface area contributed by atoms with Gasteiger partial charge in [0.25, 0.3) is 10.0 Å². The third-order valence-electron chi connectivity index (χ3n) is 2.87. The zero-order valence-electron chi connectivity index (χ0n) is 10.8. The maximum atomic E-state index is 13.5. The van der Waals surface area contributed by atoms with E-state index in [2.05, 4.69) is 0 Å². The summed E-state index contributed by atoms with van der Waals surface area (Å²) in [6.07, 6.45) is 0. The lowest BCUT2D eigenvalue weighted by molar-refractivity contribution is 0.496. The van der Waals surface area contributed by atoms with Crippen molar-refractivity contribution < 1.29 is 21.6 Å². The van der Waals surface area contributed by atoms with E-state index in [0.29, 0.717) is 6.07 Å². The number of benzene rings is 2. The molecule has 112 valence electrons. The third-order valence-corrected chi connectivity index (χ3v) is 4.38. The van der Waals surface area contributed by atoms with Crippen molar-refractivity contribution in [1.29, 1.82) is 0 Å². The average Bonchev–Trinajstić information content (AvgIpc) is 2.38.